The van der Waals surface area contributed by atoms with Crippen molar-refractivity contribution in [1.82, 2.24) is 5.32 Å². The monoisotopic (exact) mass is 358 g/mol. The first-order valence-electron chi connectivity index (χ1n) is 6.52. The zero-order valence-electron chi connectivity index (χ0n) is 10.9. The fourth-order valence-corrected chi connectivity index (χ4v) is 3.06. The number of amides is 2. The van der Waals surface area contributed by atoms with Gasteiger partial charge in [0, 0.05) is 21.5 Å². The molecule has 20 heavy (non-hydrogen) atoms. The van der Waals surface area contributed by atoms with Crippen molar-refractivity contribution in [1.29, 1.82) is 0 Å². The molecule has 0 spiro atoms. The Morgan fingerprint density at radius 1 is 1.25 bits per heavy atom. The standard InChI is InChI=1S/C14H16BrClN2O2/c15-12-6-3-9(16)7-11(12)14(20)18-10-4-1-8(2-5-10)13(17)19/h3,6-8,10H,1-2,4-5H2,(H2,17,19)(H,18,20). The molecule has 0 radical (unpaired) electrons. The molecular formula is C14H16BrClN2O2. The molecule has 0 atom stereocenters. The summed E-state index contributed by atoms with van der Waals surface area (Å²) in [6.07, 6.45) is 3.02. The first-order valence-corrected chi connectivity index (χ1v) is 7.69. The van der Waals surface area contributed by atoms with Crippen LogP contribution in [0.3, 0.4) is 0 Å². The number of hydrogen-bond donors (Lipinski definition) is 2. The van der Waals surface area contributed by atoms with E-state index in [9.17, 15) is 9.59 Å². The summed E-state index contributed by atoms with van der Waals surface area (Å²) in [5.74, 6) is -0.449. The fourth-order valence-electron chi connectivity index (χ4n) is 2.46. The van der Waals surface area contributed by atoms with Crippen LogP contribution >= 0.6 is 27.5 Å². The summed E-state index contributed by atoms with van der Waals surface area (Å²) in [4.78, 5) is 23.3. The molecule has 0 aromatic heterocycles. The van der Waals surface area contributed by atoms with E-state index in [2.05, 4.69) is 21.2 Å². The van der Waals surface area contributed by atoms with Gasteiger partial charge in [0.25, 0.3) is 5.91 Å². The topological polar surface area (TPSA) is 72.2 Å². The second kappa shape index (κ2) is 6.59. The molecule has 1 aliphatic rings. The molecule has 1 fully saturated rings. The van der Waals surface area contributed by atoms with Crippen LogP contribution in [0.4, 0.5) is 0 Å². The van der Waals surface area contributed by atoms with Gasteiger partial charge in [0.2, 0.25) is 5.91 Å². The number of hydrogen-bond acceptors (Lipinski definition) is 2. The molecule has 0 saturated heterocycles. The Bertz CT molecular complexity index is 528. The Balaban J connectivity index is 1.96. The maximum Gasteiger partial charge on any atom is 0.252 e. The number of carbonyl (C=O) groups is 2. The van der Waals surface area contributed by atoms with Crippen molar-refractivity contribution >= 4 is 39.3 Å². The molecule has 1 aromatic carbocycles. The van der Waals surface area contributed by atoms with Crippen molar-refractivity contribution < 1.29 is 9.59 Å². The molecule has 6 heteroatoms. The average Bonchev–Trinajstić information content (AvgIpc) is 2.42. The van der Waals surface area contributed by atoms with E-state index in [1.165, 1.54) is 0 Å². The molecule has 0 unspecified atom stereocenters. The molecule has 0 bridgehead atoms. The maximum absolute atomic E-state index is 12.2. The number of benzene rings is 1. The largest absolute Gasteiger partial charge is 0.369 e. The highest BCUT2D eigenvalue weighted by molar-refractivity contribution is 9.10. The zero-order chi connectivity index (χ0) is 14.7. The SMILES string of the molecule is NC(=O)C1CCC(NC(=O)c2cc(Cl)ccc2Br)CC1. The third-order valence-electron chi connectivity index (χ3n) is 3.64. The molecule has 4 nitrogen and oxygen atoms in total. The van der Waals surface area contributed by atoms with E-state index in [0.29, 0.717) is 15.1 Å². The Kier molecular flexibility index (Phi) is 5.05. The van der Waals surface area contributed by atoms with Crippen molar-refractivity contribution in [2.45, 2.75) is 31.7 Å². The van der Waals surface area contributed by atoms with Gasteiger partial charge in [0.1, 0.15) is 0 Å². The molecular weight excluding hydrogens is 344 g/mol. The number of halogens is 2. The lowest BCUT2D eigenvalue weighted by Gasteiger charge is -2.27. The fraction of sp³-hybridized carbons (Fsp3) is 0.429. The van der Waals surface area contributed by atoms with Gasteiger partial charge < -0.3 is 11.1 Å². The predicted molar refractivity (Wildman–Crippen MR) is 81.6 cm³/mol. The normalized spacial score (nSPS) is 22.3. The molecule has 1 saturated carbocycles. The van der Waals surface area contributed by atoms with Crippen molar-refractivity contribution in [2.24, 2.45) is 11.7 Å². The summed E-state index contributed by atoms with van der Waals surface area (Å²) in [5.41, 5.74) is 5.82. The van der Waals surface area contributed by atoms with Gasteiger partial charge in [-0.25, -0.2) is 0 Å². The molecule has 108 valence electrons. The second-order valence-corrected chi connectivity index (χ2v) is 6.34. The van der Waals surface area contributed by atoms with E-state index in [0.717, 1.165) is 25.7 Å². The van der Waals surface area contributed by atoms with Gasteiger partial charge in [-0.15, -0.1) is 0 Å². The Labute approximate surface area is 131 Å². The van der Waals surface area contributed by atoms with Gasteiger partial charge >= 0.3 is 0 Å². The van der Waals surface area contributed by atoms with Crippen LogP contribution in [0, 0.1) is 5.92 Å². The van der Waals surface area contributed by atoms with E-state index in [4.69, 9.17) is 17.3 Å². The van der Waals surface area contributed by atoms with Gasteiger partial charge in [0.05, 0.1) is 5.56 Å². The molecule has 2 rings (SSSR count). The van der Waals surface area contributed by atoms with E-state index in [1.54, 1.807) is 18.2 Å². The number of primary amides is 1. The van der Waals surface area contributed by atoms with E-state index in [1.807, 2.05) is 0 Å². The summed E-state index contributed by atoms with van der Waals surface area (Å²) in [6, 6.07) is 5.20. The maximum atomic E-state index is 12.2. The summed E-state index contributed by atoms with van der Waals surface area (Å²) < 4.78 is 0.713. The van der Waals surface area contributed by atoms with Crippen LogP contribution in [0.15, 0.2) is 22.7 Å². The lowest BCUT2D eigenvalue weighted by Crippen LogP contribution is -2.39. The zero-order valence-corrected chi connectivity index (χ0v) is 13.2. The summed E-state index contributed by atoms with van der Waals surface area (Å²) in [7, 11) is 0. The number of nitrogens with two attached hydrogens (primary N) is 1. The number of nitrogens with one attached hydrogen (secondary N) is 1. The van der Waals surface area contributed by atoms with Crippen molar-refractivity contribution in [3.63, 3.8) is 0 Å². The minimum absolute atomic E-state index is 0.0546. The van der Waals surface area contributed by atoms with Crippen LogP contribution in [0.5, 0.6) is 0 Å². The first kappa shape index (κ1) is 15.3. The highest BCUT2D eigenvalue weighted by Gasteiger charge is 2.26. The average molecular weight is 360 g/mol. The molecule has 2 amide bonds. The Hall–Kier alpha value is -1.07. The van der Waals surface area contributed by atoms with Gasteiger partial charge in [-0.05, 0) is 59.8 Å². The third-order valence-corrected chi connectivity index (χ3v) is 4.56. The molecule has 0 heterocycles. The third kappa shape index (κ3) is 3.73. The van der Waals surface area contributed by atoms with E-state index >= 15 is 0 Å². The van der Waals surface area contributed by atoms with Crippen molar-refractivity contribution in [2.75, 3.05) is 0 Å². The summed E-state index contributed by atoms with van der Waals surface area (Å²) in [6.45, 7) is 0. The van der Waals surface area contributed by atoms with Crippen LogP contribution in [0.1, 0.15) is 36.0 Å². The number of carbonyl (C=O) groups excluding carboxylic acids is 2. The van der Waals surface area contributed by atoms with Gasteiger partial charge in [-0.2, -0.15) is 0 Å². The molecule has 0 aliphatic heterocycles. The van der Waals surface area contributed by atoms with Crippen molar-refractivity contribution in [3.8, 4) is 0 Å². The van der Waals surface area contributed by atoms with E-state index < -0.39 is 0 Å². The van der Waals surface area contributed by atoms with Crippen LogP contribution in [-0.2, 0) is 4.79 Å². The Morgan fingerprint density at radius 2 is 1.90 bits per heavy atom. The quantitative estimate of drug-likeness (QED) is 0.871. The minimum Gasteiger partial charge on any atom is -0.369 e. The van der Waals surface area contributed by atoms with Gasteiger partial charge in [-0.3, -0.25) is 9.59 Å². The van der Waals surface area contributed by atoms with Crippen LogP contribution < -0.4 is 11.1 Å². The second-order valence-electron chi connectivity index (χ2n) is 5.05. The van der Waals surface area contributed by atoms with Crippen LogP contribution in [0.25, 0.3) is 0 Å². The van der Waals surface area contributed by atoms with Gasteiger partial charge in [-0.1, -0.05) is 11.6 Å². The van der Waals surface area contributed by atoms with Crippen LogP contribution in [0.2, 0.25) is 5.02 Å². The highest BCUT2D eigenvalue weighted by atomic mass is 79.9. The van der Waals surface area contributed by atoms with Crippen LogP contribution in [-0.4, -0.2) is 17.9 Å². The van der Waals surface area contributed by atoms with Crippen molar-refractivity contribution in [3.05, 3.63) is 33.3 Å². The number of rotatable bonds is 3. The summed E-state index contributed by atoms with van der Waals surface area (Å²) in [5, 5.41) is 3.51. The molecule has 1 aliphatic carbocycles. The lowest BCUT2D eigenvalue weighted by atomic mass is 9.85. The minimum atomic E-state index is -0.243. The highest BCUT2D eigenvalue weighted by Crippen LogP contribution is 2.25. The smallest absolute Gasteiger partial charge is 0.252 e. The summed E-state index contributed by atoms with van der Waals surface area (Å²) >= 11 is 9.25. The Morgan fingerprint density at radius 3 is 2.50 bits per heavy atom. The lowest BCUT2D eigenvalue weighted by molar-refractivity contribution is -0.122. The predicted octanol–water partition coefficient (Wildman–Crippen LogP) is 2.88. The molecule has 3 N–H and O–H groups in total. The van der Waals surface area contributed by atoms with Gasteiger partial charge in [0.15, 0.2) is 0 Å². The molecule has 1 aromatic rings. The first-order chi connectivity index (χ1) is 9.47. The van der Waals surface area contributed by atoms with E-state index in [-0.39, 0.29) is 23.8 Å².